The van der Waals surface area contributed by atoms with Crippen LogP contribution in [0, 0.1) is 11.2 Å². The molecular formula is C13H17FN2O2. The lowest BCUT2D eigenvalue weighted by Crippen LogP contribution is -2.33. The van der Waals surface area contributed by atoms with Crippen molar-refractivity contribution in [1.82, 2.24) is 5.32 Å². The maximum absolute atomic E-state index is 12.7. The van der Waals surface area contributed by atoms with Crippen molar-refractivity contribution in [2.45, 2.75) is 12.8 Å². The predicted molar refractivity (Wildman–Crippen MR) is 66.7 cm³/mol. The highest BCUT2D eigenvalue weighted by atomic mass is 19.1. The number of halogens is 1. The van der Waals surface area contributed by atoms with Gasteiger partial charge in [-0.15, -0.1) is 0 Å². The maximum atomic E-state index is 12.7. The van der Waals surface area contributed by atoms with E-state index in [4.69, 9.17) is 5.11 Å². The summed E-state index contributed by atoms with van der Waals surface area (Å²) in [6.07, 6.45) is 2.02. The Morgan fingerprint density at radius 1 is 1.33 bits per heavy atom. The molecule has 0 aliphatic heterocycles. The molecule has 0 saturated heterocycles. The summed E-state index contributed by atoms with van der Waals surface area (Å²) in [7, 11) is 0. The van der Waals surface area contributed by atoms with Crippen molar-refractivity contribution in [2.75, 3.05) is 25.0 Å². The number of rotatable bonds is 6. The number of hydrogen-bond donors (Lipinski definition) is 3. The van der Waals surface area contributed by atoms with Crippen molar-refractivity contribution in [3.05, 3.63) is 30.1 Å². The Morgan fingerprint density at radius 2 is 2.00 bits per heavy atom. The minimum atomic E-state index is -0.329. The first kappa shape index (κ1) is 13.0. The molecule has 0 atom stereocenters. The number of carbonyl (C=O) groups is 1. The predicted octanol–water partition coefficient (Wildman–Crippen LogP) is 1.13. The fourth-order valence-electron chi connectivity index (χ4n) is 1.75. The van der Waals surface area contributed by atoms with Gasteiger partial charge in [0.25, 0.3) is 0 Å². The van der Waals surface area contributed by atoms with Gasteiger partial charge >= 0.3 is 0 Å². The first-order chi connectivity index (χ1) is 8.63. The number of hydrogen-bond acceptors (Lipinski definition) is 3. The Hall–Kier alpha value is -1.46. The number of nitrogens with one attached hydrogen (secondary N) is 2. The first-order valence-electron chi connectivity index (χ1n) is 6.01. The molecule has 0 heterocycles. The van der Waals surface area contributed by atoms with E-state index in [9.17, 15) is 9.18 Å². The van der Waals surface area contributed by atoms with Gasteiger partial charge in [-0.25, -0.2) is 4.39 Å². The van der Waals surface area contributed by atoms with E-state index in [-0.39, 0.29) is 30.3 Å². The topological polar surface area (TPSA) is 61.4 Å². The van der Waals surface area contributed by atoms with Gasteiger partial charge in [-0.3, -0.25) is 4.79 Å². The summed E-state index contributed by atoms with van der Waals surface area (Å²) in [6, 6.07) is 5.63. The van der Waals surface area contributed by atoms with Crippen LogP contribution < -0.4 is 10.6 Å². The zero-order valence-electron chi connectivity index (χ0n) is 10.1. The maximum Gasteiger partial charge on any atom is 0.238 e. The van der Waals surface area contributed by atoms with Gasteiger partial charge in [0, 0.05) is 24.3 Å². The molecule has 4 nitrogen and oxygen atoms in total. The molecule has 1 amide bonds. The molecule has 1 aromatic carbocycles. The molecule has 1 aliphatic rings. The summed E-state index contributed by atoms with van der Waals surface area (Å²) in [6.45, 7) is 1.01. The highest BCUT2D eigenvalue weighted by molar-refractivity contribution is 5.92. The Bertz CT molecular complexity index is 416. The van der Waals surface area contributed by atoms with Gasteiger partial charge in [-0.1, -0.05) is 0 Å². The molecule has 98 valence electrons. The average Bonchev–Trinajstić information content (AvgIpc) is 3.13. The van der Waals surface area contributed by atoms with Crippen LogP contribution in [0.15, 0.2) is 24.3 Å². The van der Waals surface area contributed by atoms with Gasteiger partial charge in [0.05, 0.1) is 6.54 Å². The minimum Gasteiger partial charge on any atom is -0.396 e. The van der Waals surface area contributed by atoms with Gasteiger partial charge < -0.3 is 15.7 Å². The Labute approximate surface area is 105 Å². The number of benzene rings is 1. The molecule has 2 rings (SSSR count). The standard InChI is InChI=1S/C13H17FN2O2/c14-10-1-3-11(4-2-10)16-12(18)7-15-8-13(9-17)5-6-13/h1-4,15,17H,5-9H2,(H,16,18). The summed E-state index contributed by atoms with van der Waals surface area (Å²) < 4.78 is 12.7. The molecule has 0 unspecified atom stereocenters. The molecule has 1 aromatic rings. The van der Waals surface area contributed by atoms with E-state index in [1.807, 2.05) is 0 Å². The first-order valence-corrected chi connectivity index (χ1v) is 6.01. The van der Waals surface area contributed by atoms with Crippen LogP contribution in [-0.4, -0.2) is 30.7 Å². The zero-order valence-corrected chi connectivity index (χ0v) is 10.1. The second kappa shape index (κ2) is 5.46. The SMILES string of the molecule is O=C(CNCC1(CO)CC1)Nc1ccc(F)cc1. The normalized spacial score (nSPS) is 16.3. The lowest BCUT2D eigenvalue weighted by Gasteiger charge is -2.12. The van der Waals surface area contributed by atoms with Crippen LogP contribution in [0.3, 0.4) is 0 Å². The Balaban J connectivity index is 1.70. The van der Waals surface area contributed by atoms with Crippen molar-refractivity contribution in [3.8, 4) is 0 Å². The molecule has 0 spiro atoms. The van der Waals surface area contributed by atoms with Crippen LogP contribution in [0.25, 0.3) is 0 Å². The highest BCUT2D eigenvalue weighted by Crippen LogP contribution is 2.44. The van der Waals surface area contributed by atoms with Crippen molar-refractivity contribution >= 4 is 11.6 Å². The van der Waals surface area contributed by atoms with Gasteiger partial charge in [-0.2, -0.15) is 0 Å². The largest absolute Gasteiger partial charge is 0.396 e. The molecular weight excluding hydrogens is 235 g/mol. The number of amides is 1. The van der Waals surface area contributed by atoms with Crippen molar-refractivity contribution in [3.63, 3.8) is 0 Å². The monoisotopic (exact) mass is 252 g/mol. The number of anilines is 1. The van der Waals surface area contributed by atoms with Crippen LogP contribution in [0.1, 0.15) is 12.8 Å². The van der Waals surface area contributed by atoms with E-state index in [1.165, 1.54) is 24.3 Å². The Kier molecular flexibility index (Phi) is 3.93. The van der Waals surface area contributed by atoms with Crippen LogP contribution in [-0.2, 0) is 4.79 Å². The molecule has 0 radical (unpaired) electrons. The summed E-state index contributed by atoms with van der Waals surface area (Å²) >= 11 is 0. The Morgan fingerprint density at radius 3 is 2.56 bits per heavy atom. The molecule has 5 heteroatoms. The van der Waals surface area contributed by atoms with Crippen molar-refractivity contribution in [1.29, 1.82) is 0 Å². The molecule has 18 heavy (non-hydrogen) atoms. The average molecular weight is 252 g/mol. The number of aliphatic hydroxyl groups is 1. The lowest BCUT2D eigenvalue weighted by atomic mass is 10.1. The third kappa shape index (κ3) is 3.51. The van der Waals surface area contributed by atoms with Gasteiger partial charge in [0.1, 0.15) is 5.82 Å². The number of carbonyl (C=O) groups excluding carboxylic acids is 1. The van der Waals surface area contributed by atoms with Gasteiger partial charge in [-0.05, 0) is 37.1 Å². The van der Waals surface area contributed by atoms with Crippen LogP contribution >= 0.6 is 0 Å². The molecule has 0 bridgehead atoms. The summed E-state index contributed by atoms with van der Waals surface area (Å²) in [5.41, 5.74) is 0.572. The highest BCUT2D eigenvalue weighted by Gasteiger charge is 2.41. The van der Waals surface area contributed by atoms with E-state index < -0.39 is 0 Å². The van der Waals surface area contributed by atoms with Gasteiger partial charge in [0.15, 0.2) is 0 Å². The molecule has 1 fully saturated rings. The number of aliphatic hydroxyl groups excluding tert-OH is 1. The third-order valence-electron chi connectivity index (χ3n) is 3.21. The van der Waals surface area contributed by atoms with Crippen LogP contribution in [0.2, 0.25) is 0 Å². The van der Waals surface area contributed by atoms with Crippen molar-refractivity contribution < 1.29 is 14.3 Å². The quantitative estimate of drug-likeness (QED) is 0.711. The van der Waals surface area contributed by atoms with E-state index in [1.54, 1.807) is 0 Å². The zero-order chi connectivity index (χ0) is 13.0. The van der Waals surface area contributed by atoms with Crippen LogP contribution in [0.5, 0.6) is 0 Å². The third-order valence-corrected chi connectivity index (χ3v) is 3.21. The molecule has 1 aliphatic carbocycles. The van der Waals surface area contributed by atoms with E-state index >= 15 is 0 Å². The summed E-state index contributed by atoms with van der Waals surface area (Å²) in [5.74, 6) is -0.500. The molecule has 0 aromatic heterocycles. The molecule has 3 N–H and O–H groups in total. The van der Waals surface area contributed by atoms with Crippen LogP contribution in [0.4, 0.5) is 10.1 Å². The van der Waals surface area contributed by atoms with Crippen molar-refractivity contribution in [2.24, 2.45) is 5.41 Å². The fourth-order valence-corrected chi connectivity index (χ4v) is 1.75. The van der Waals surface area contributed by atoms with E-state index in [0.717, 1.165) is 12.8 Å². The summed E-state index contributed by atoms with van der Waals surface area (Å²) in [4.78, 5) is 11.6. The summed E-state index contributed by atoms with van der Waals surface area (Å²) in [5, 5.41) is 14.8. The minimum absolute atomic E-state index is 0.00381. The molecule has 1 saturated carbocycles. The lowest BCUT2D eigenvalue weighted by molar-refractivity contribution is -0.115. The van der Waals surface area contributed by atoms with Gasteiger partial charge in [0.2, 0.25) is 5.91 Å². The van der Waals surface area contributed by atoms with E-state index in [2.05, 4.69) is 10.6 Å². The second-order valence-electron chi connectivity index (χ2n) is 4.82. The van der Waals surface area contributed by atoms with E-state index in [0.29, 0.717) is 12.2 Å². The smallest absolute Gasteiger partial charge is 0.238 e. The fraction of sp³-hybridized carbons (Fsp3) is 0.462. The second-order valence-corrected chi connectivity index (χ2v) is 4.82.